The van der Waals surface area contributed by atoms with Crippen LogP contribution >= 0.6 is 0 Å². The molecular weight excluding hydrogens is 198 g/mol. The van der Waals surface area contributed by atoms with Gasteiger partial charge in [-0.3, -0.25) is 4.90 Å². The van der Waals surface area contributed by atoms with E-state index in [-0.39, 0.29) is 0 Å². The highest BCUT2D eigenvalue weighted by atomic mass is 15.2. The molecule has 0 radical (unpaired) electrons. The van der Waals surface area contributed by atoms with Gasteiger partial charge in [-0.05, 0) is 43.6 Å². The fourth-order valence-corrected chi connectivity index (χ4v) is 2.92. The van der Waals surface area contributed by atoms with Crippen LogP contribution in [0.15, 0.2) is 0 Å². The Morgan fingerprint density at radius 3 is 2.81 bits per heavy atom. The van der Waals surface area contributed by atoms with Crippen LogP contribution in [-0.4, -0.2) is 30.6 Å². The van der Waals surface area contributed by atoms with E-state index >= 15 is 0 Å². The van der Waals surface area contributed by atoms with Gasteiger partial charge in [0.05, 0.1) is 6.07 Å². The number of hydrogen-bond donors (Lipinski definition) is 1. The summed E-state index contributed by atoms with van der Waals surface area (Å²) in [7, 11) is 0. The number of likely N-dealkylation sites (tertiary alicyclic amines) is 1. The lowest BCUT2D eigenvalue weighted by Crippen LogP contribution is -2.48. The minimum atomic E-state index is 0.336. The zero-order chi connectivity index (χ0) is 11.6. The van der Waals surface area contributed by atoms with Crippen LogP contribution in [0.4, 0.5) is 0 Å². The topological polar surface area (TPSA) is 53.0 Å². The number of rotatable bonds is 4. The lowest BCUT2D eigenvalue weighted by Gasteiger charge is -2.39. The fraction of sp³-hybridized carbons (Fsp3) is 0.923. The molecule has 90 valence electrons. The van der Waals surface area contributed by atoms with Crippen molar-refractivity contribution in [3.63, 3.8) is 0 Å². The number of nitrogens with zero attached hydrogens (tertiary/aromatic N) is 2. The predicted octanol–water partition coefficient (Wildman–Crippen LogP) is 1.74. The Balaban J connectivity index is 1.91. The Labute approximate surface area is 98.6 Å². The van der Waals surface area contributed by atoms with E-state index in [0.29, 0.717) is 11.5 Å². The first-order chi connectivity index (χ1) is 7.69. The summed E-state index contributed by atoms with van der Waals surface area (Å²) in [6.45, 7) is 5.38. The minimum absolute atomic E-state index is 0.336. The second-order valence-electron chi connectivity index (χ2n) is 5.82. The van der Waals surface area contributed by atoms with Gasteiger partial charge in [-0.15, -0.1) is 0 Å². The SMILES string of the molecule is CC1CCN(CC2(CC#N)CC2)C(CN)C1. The maximum absolute atomic E-state index is 8.84. The van der Waals surface area contributed by atoms with Crippen LogP contribution in [0.2, 0.25) is 0 Å². The zero-order valence-electron chi connectivity index (χ0n) is 10.3. The van der Waals surface area contributed by atoms with Gasteiger partial charge in [-0.2, -0.15) is 5.26 Å². The molecule has 0 spiro atoms. The highest BCUT2D eigenvalue weighted by molar-refractivity contribution is 5.02. The maximum Gasteiger partial charge on any atom is 0.0628 e. The van der Waals surface area contributed by atoms with E-state index in [9.17, 15) is 0 Å². The molecule has 3 nitrogen and oxygen atoms in total. The average molecular weight is 221 g/mol. The summed E-state index contributed by atoms with van der Waals surface area (Å²) in [6, 6.07) is 2.90. The van der Waals surface area contributed by atoms with Crippen molar-refractivity contribution in [3.8, 4) is 6.07 Å². The molecule has 1 aliphatic heterocycles. The smallest absolute Gasteiger partial charge is 0.0628 e. The summed E-state index contributed by atoms with van der Waals surface area (Å²) in [5.41, 5.74) is 6.20. The summed E-state index contributed by atoms with van der Waals surface area (Å²) in [6.07, 6.45) is 5.74. The Kier molecular flexibility index (Phi) is 3.51. The normalized spacial score (nSPS) is 33.3. The number of piperidine rings is 1. The molecule has 1 saturated heterocycles. The molecular formula is C13H23N3. The van der Waals surface area contributed by atoms with Crippen molar-refractivity contribution in [1.29, 1.82) is 5.26 Å². The van der Waals surface area contributed by atoms with Crippen molar-refractivity contribution >= 4 is 0 Å². The van der Waals surface area contributed by atoms with Crippen LogP contribution in [-0.2, 0) is 0 Å². The third kappa shape index (κ3) is 2.56. The van der Waals surface area contributed by atoms with Crippen LogP contribution in [0, 0.1) is 22.7 Å². The van der Waals surface area contributed by atoms with Gasteiger partial charge in [-0.1, -0.05) is 6.92 Å². The first kappa shape index (κ1) is 11.9. The molecule has 1 aliphatic carbocycles. The quantitative estimate of drug-likeness (QED) is 0.786. The highest BCUT2D eigenvalue weighted by Crippen LogP contribution is 2.49. The Bertz CT molecular complexity index is 277. The van der Waals surface area contributed by atoms with E-state index in [1.165, 1.54) is 32.2 Å². The number of nitrogens with two attached hydrogens (primary N) is 1. The number of hydrogen-bond acceptors (Lipinski definition) is 3. The molecule has 1 heterocycles. The van der Waals surface area contributed by atoms with Gasteiger partial charge in [-0.25, -0.2) is 0 Å². The molecule has 0 amide bonds. The lowest BCUT2D eigenvalue weighted by molar-refractivity contribution is 0.0984. The van der Waals surface area contributed by atoms with Gasteiger partial charge in [0.25, 0.3) is 0 Å². The van der Waals surface area contributed by atoms with Gasteiger partial charge >= 0.3 is 0 Å². The second-order valence-corrected chi connectivity index (χ2v) is 5.82. The third-order valence-electron chi connectivity index (χ3n) is 4.32. The molecule has 3 heteroatoms. The number of nitriles is 1. The molecule has 2 aliphatic rings. The highest BCUT2D eigenvalue weighted by Gasteiger charge is 2.45. The molecule has 1 saturated carbocycles. The van der Waals surface area contributed by atoms with Gasteiger partial charge in [0.1, 0.15) is 0 Å². The molecule has 2 fully saturated rings. The van der Waals surface area contributed by atoms with E-state index in [1.54, 1.807) is 0 Å². The van der Waals surface area contributed by atoms with E-state index in [1.807, 2.05) is 0 Å². The molecule has 2 rings (SSSR count). The van der Waals surface area contributed by atoms with Gasteiger partial charge in [0.15, 0.2) is 0 Å². The molecule has 2 unspecified atom stereocenters. The van der Waals surface area contributed by atoms with Gasteiger partial charge in [0.2, 0.25) is 0 Å². The van der Waals surface area contributed by atoms with E-state index in [2.05, 4.69) is 17.9 Å². The van der Waals surface area contributed by atoms with Crippen molar-refractivity contribution in [1.82, 2.24) is 4.90 Å². The first-order valence-electron chi connectivity index (χ1n) is 6.50. The van der Waals surface area contributed by atoms with E-state index in [4.69, 9.17) is 11.0 Å². The van der Waals surface area contributed by atoms with E-state index < -0.39 is 0 Å². The van der Waals surface area contributed by atoms with Crippen molar-refractivity contribution in [2.45, 2.75) is 45.1 Å². The summed E-state index contributed by atoms with van der Waals surface area (Å²) >= 11 is 0. The van der Waals surface area contributed by atoms with Crippen LogP contribution < -0.4 is 5.73 Å². The summed E-state index contributed by atoms with van der Waals surface area (Å²) < 4.78 is 0. The van der Waals surface area contributed by atoms with Gasteiger partial charge in [0, 0.05) is 25.6 Å². The Hall–Kier alpha value is -0.590. The Morgan fingerprint density at radius 2 is 2.25 bits per heavy atom. The zero-order valence-corrected chi connectivity index (χ0v) is 10.3. The molecule has 0 bridgehead atoms. The summed E-state index contributed by atoms with van der Waals surface area (Å²) in [4.78, 5) is 2.55. The predicted molar refractivity (Wildman–Crippen MR) is 64.7 cm³/mol. The van der Waals surface area contributed by atoms with Gasteiger partial charge < -0.3 is 5.73 Å². The maximum atomic E-state index is 8.84. The van der Waals surface area contributed by atoms with Crippen molar-refractivity contribution < 1.29 is 0 Å². The molecule has 2 N–H and O–H groups in total. The van der Waals surface area contributed by atoms with E-state index in [0.717, 1.165) is 25.4 Å². The summed E-state index contributed by atoms with van der Waals surface area (Å²) in [5.74, 6) is 0.816. The largest absolute Gasteiger partial charge is 0.329 e. The van der Waals surface area contributed by atoms with Crippen molar-refractivity contribution in [2.75, 3.05) is 19.6 Å². The fourth-order valence-electron chi connectivity index (χ4n) is 2.92. The second kappa shape index (κ2) is 4.73. The van der Waals surface area contributed by atoms with Crippen LogP contribution in [0.1, 0.15) is 39.0 Å². The molecule has 2 atom stereocenters. The van der Waals surface area contributed by atoms with Crippen molar-refractivity contribution in [3.05, 3.63) is 0 Å². The lowest BCUT2D eigenvalue weighted by atomic mass is 9.90. The van der Waals surface area contributed by atoms with Crippen LogP contribution in [0.5, 0.6) is 0 Å². The molecule has 0 aromatic rings. The molecule has 16 heavy (non-hydrogen) atoms. The standard InChI is InChI=1S/C13H23N3/c1-11-2-7-16(12(8-11)9-15)10-13(3-4-13)5-6-14/h11-12H,2-5,7-10,15H2,1H3. The minimum Gasteiger partial charge on any atom is -0.329 e. The Morgan fingerprint density at radius 1 is 1.50 bits per heavy atom. The monoisotopic (exact) mass is 221 g/mol. The molecule has 0 aromatic heterocycles. The third-order valence-corrected chi connectivity index (χ3v) is 4.32. The average Bonchev–Trinajstić information content (AvgIpc) is 3.01. The summed E-state index contributed by atoms with van der Waals surface area (Å²) in [5, 5.41) is 8.84. The van der Waals surface area contributed by atoms with Crippen molar-refractivity contribution in [2.24, 2.45) is 17.1 Å². The van der Waals surface area contributed by atoms with Crippen LogP contribution in [0.25, 0.3) is 0 Å². The first-order valence-corrected chi connectivity index (χ1v) is 6.50. The van der Waals surface area contributed by atoms with Crippen LogP contribution in [0.3, 0.4) is 0 Å². The molecule has 0 aromatic carbocycles.